The van der Waals surface area contributed by atoms with Crippen molar-refractivity contribution in [3.8, 4) is 0 Å². The normalized spacial score (nSPS) is 32.4. The van der Waals surface area contributed by atoms with Gasteiger partial charge in [0, 0.05) is 6.42 Å². The van der Waals surface area contributed by atoms with Crippen LogP contribution in [-0.4, -0.2) is 23.3 Å². The van der Waals surface area contributed by atoms with E-state index in [1.165, 1.54) is 32.1 Å². The van der Waals surface area contributed by atoms with Gasteiger partial charge in [0.15, 0.2) is 0 Å². The molecule has 3 nitrogen and oxygen atoms in total. The highest BCUT2D eigenvalue weighted by Gasteiger charge is 2.27. The van der Waals surface area contributed by atoms with Crippen LogP contribution in [0.25, 0.3) is 0 Å². The SMILES string of the molecule is O=C1C[C@@H](O)C[C@H](CCC2CCCCC2)O1. The van der Waals surface area contributed by atoms with Gasteiger partial charge in [-0.05, 0) is 18.8 Å². The van der Waals surface area contributed by atoms with Gasteiger partial charge < -0.3 is 9.84 Å². The Morgan fingerprint density at radius 1 is 1.19 bits per heavy atom. The fourth-order valence-electron chi connectivity index (χ4n) is 2.94. The van der Waals surface area contributed by atoms with Crippen molar-refractivity contribution in [3.05, 3.63) is 0 Å². The van der Waals surface area contributed by atoms with Gasteiger partial charge in [-0.25, -0.2) is 0 Å². The van der Waals surface area contributed by atoms with Crippen LogP contribution in [0, 0.1) is 5.92 Å². The Morgan fingerprint density at radius 2 is 1.94 bits per heavy atom. The van der Waals surface area contributed by atoms with Crippen LogP contribution >= 0.6 is 0 Å². The highest BCUT2D eigenvalue weighted by molar-refractivity contribution is 5.70. The van der Waals surface area contributed by atoms with Gasteiger partial charge in [0.05, 0.1) is 12.5 Å². The number of hydrogen-bond donors (Lipinski definition) is 1. The smallest absolute Gasteiger partial charge is 0.308 e. The van der Waals surface area contributed by atoms with E-state index in [2.05, 4.69) is 0 Å². The molecule has 0 radical (unpaired) electrons. The molecule has 1 aliphatic carbocycles. The predicted octanol–water partition coefficient (Wildman–Crippen LogP) is 2.41. The number of rotatable bonds is 3. The fraction of sp³-hybridized carbons (Fsp3) is 0.923. The summed E-state index contributed by atoms with van der Waals surface area (Å²) in [5.41, 5.74) is 0. The highest BCUT2D eigenvalue weighted by atomic mass is 16.5. The molecular formula is C13H22O3. The number of cyclic esters (lactones) is 1. The second-order valence-corrected chi connectivity index (χ2v) is 5.29. The number of carbonyl (C=O) groups excluding carboxylic acids is 1. The Balaban J connectivity index is 1.70. The standard InChI is InChI=1S/C13H22O3/c14-11-8-12(16-13(15)9-11)7-6-10-4-2-1-3-5-10/h10-12,14H,1-9H2/t11-,12-/m0/s1. The second-order valence-electron chi connectivity index (χ2n) is 5.29. The lowest BCUT2D eigenvalue weighted by Crippen LogP contribution is -2.32. The van der Waals surface area contributed by atoms with E-state index in [1.54, 1.807) is 0 Å². The largest absolute Gasteiger partial charge is 0.462 e. The monoisotopic (exact) mass is 226 g/mol. The molecule has 1 saturated carbocycles. The lowest BCUT2D eigenvalue weighted by molar-refractivity contribution is -0.160. The summed E-state index contributed by atoms with van der Waals surface area (Å²) >= 11 is 0. The molecule has 3 heteroatoms. The average Bonchev–Trinajstić information content (AvgIpc) is 2.27. The molecule has 92 valence electrons. The third-order valence-corrected chi connectivity index (χ3v) is 3.86. The minimum Gasteiger partial charge on any atom is -0.462 e. The topological polar surface area (TPSA) is 46.5 Å². The van der Waals surface area contributed by atoms with E-state index in [1.807, 2.05) is 0 Å². The van der Waals surface area contributed by atoms with Crippen molar-refractivity contribution in [3.63, 3.8) is 0 Å². The first-order valence-electron chi connectivity index (χ1n) is 6.61. The van der Waals surface area contributed by atoms with Crippen molar-refractivity contribution in [1.82, 2.24) is 0 Å². The van der Waals surface area contributed by atoms with Crippen molar-refractivity contribution < 1.29 is 14.6 Å². The summed E-state index contributed by atoms with van der Waals surface area (Å²) in [6.45, 7) is 0. The predicted molar refractivity (Wildman–Crippen MR) is 60.9 cm³/mol. The lowest BCUT2D eigenvalue weighted by Gasteiger charge is -2.28. The van der Waals surface area contributed by atoms with Crippen LogP contribution < -0.4 is 0 Å². The summed E-state index contributed by atoms with van der Waals surface area (Å²) in [5, 5.41) is 9.49. The van der Waals surface area contributed by atoms with Gasteiger partial charge >= 0.3 is 5.97 Å². The molecule has 0 aromatic carbocycles. The Hall–Kier alpha value is -0.570. The summed E-state index contributed by atoms with van der Waals surface area (Å²) in [4.78, 5) is 11.2. The maximum Gasteiger partial charge on any atom is 0.308 e. The van der Waals surface area contributed by atoms with Crippen molar-refractivity contribution in [2.75, 3.05) is 0 Å². The van der Waals surface area contributed by atoms with E-state index < -0.39 is 6.10 Å². The summed E-state index contributed by atoms with van der Waals surface area (Å²) in [7, 11) is 0. The summed E-state index contributed by atoms with van der Waals surface area (Å²) in [5.74, 6) is 0.596. The quantitative estimate of drug-likeness (QED) is 0.752. The van der Waals surface area contributed by atoms with Crippen molar-refractivity contribution in [1.29, 1.82) is 0 Å². The maximum atomic E-state index is 11.2. The van der Waals surface area contributed by atoms with Crippen LogP contribution in [0.1, 0.15) is 57.8 Å². The summed E-state index contributed by atoms with van der Waals surface area (Å²) in [6.07, 6.45) is 9.18. The van der Waals surface area contributed by atoms with E-state index in [0.717, 1.165) is 18.8 Å². The van der Waals surface area contributed by atoms with Crippen molar-refractivity contribution in [2.45, 2.75) is 70.0 Å². The van der Waals surface area contributed by atoms with Gasteiger partial charge in [-0.3, -0.25) is 4.79 Å². The highest BCUT2D eigenvalue weighted by Crippen LogP contribution is 2.29. The molecule has 0 amide bonds. The van der Waals surface area contributed by atoms with E-state index in [9.17, 15) is 9.90 Å². The number of ether oxygens (including phenoxy) is 1. The van der Waals surface area contributed by atoms with Crippen LogP contribution in [0.3, 0.4) is 0 Å². The van der Waals surface area contributed by atoms with Crippen LogP contribution in [0.15, 0.2) is 0 Å². The minimum atomic E-state index is -0.474. The minimum absolute atomic E-state index is 0.0295. The van der Waals surface area contributed by atoms with Gasteiger partial charge in [-0.15, -0.1) is 0 Å². The zero-order valence-electron chi connectivity index (χ0n) is 9.86. The lowest BCUT2D eigenvalue weighted by atomic mass is 9.85. The van der Waals surface area contributed by atoms with E-state index in [-0.39, 0.29) is 18.5 Å². The molecule has 1 heterocycles. The van der Waals surface area contributed by atoms with Gasteiger partial charge in [-0.2, -0.15) is 0 Å². The number of esters is 1. The summed E-state index contributed by atoms with van der Waals surface area (Å²) in [6, 6.07) is 0. The Bertz CT molecular complexity index is 233. The Morgan fingerprint density at radius 3 is 2.62 bits per heavy atom. The molecule has 1 saturated heterocycles. The maximum absolute atomic E-state index is 11.2. The van der Waals surface area contributed by atoms with E-state index in [0.29, 0.717) is 6.42 Å². The molecule has 1 aliphatic heterocycles. The molecule has 2 aliphatic rings. The molecule has 2 fully saturated rings. The first kappa shape index (κ1) is 11.9. The first-order valence-corrected chi connectivity index (χ1v) is 6.61. The third-order valence-electron chi connectivity index (χ3n) is 3.86. The van der Waals surface area contributed by atoms with E-state index >= 15 is 0 Å². The molecule has 0 aromatic rings. The number of hydrogen-bond acceptors (Lipinski definition) is 3. The molecule has 2 atom stereocenters. The molecule has 1 N–H and O–H groups in total. The number of carbonyl (C=O) groups is 1. The zero-order chi connectivity index (χ0) is 11.4. The Kier molecular flexibility index (Phi) is 4.22. The van der Waals surface area contributed by atoms with Crippen LogP contribution in [-0.2, 0) is 9.53 Å². The van der Waals surface area contributed by atoms with Gasteiger partial charge in [0.1, 0.15) is 6.10 Å². The number of aliphatic hydroxyl groups excluding tert-OH is 1. The molecule has 0 bridgehead atoms. The van der Waals surface area contributed by atoms with Gasteiger partial charge in [0.2, 0.25) is 0 Å². The van der Waals surface area contributed by atoms with Crippen LogP contribution in [0.4, 0.5) is 0 Å². The zero-order valence-corrected chi connectivity index (χ0v) is 9.86. The molecule has 0 unspecified atom stereocenters. The van der Waals surface area contributed by atoms with Crippen LogP contribution in [0.2, 0.25) is 0 Å². The van der Waals surface area contributed by atoms with Gasteiger partial charge in [-0.1, -0.05) is 32.1 Å². The Labute approximate surface area is 97.2 Å². The van der Waals surface area contributed by atoms with Crippen molar-refractivity contribution in [2.24, 2.45) is 5.92 Å². The van der Waals surface area contributed by atoms with Gasteiger partial charge in [0.25, 0.3) is 0 Å². The van der Waals surface area contributed by atoms with Crippen LogP contribution in [0.5, 0.6) is 0 Å². The summed E-state index contributed by atoms with van der Waals surface area (Å²) < 4.78 is 5.25. The second kappa shape index (κ2) is 5.67. The number of aliphatic hydroxyl groups is 1. The molecule has 0 aromatic heterocycles. The van der Waals surface area contributed by atoms with E-state index in [4.69, 9.17) is 4.74 Å². The molecule has 16 heavy (non-hydrogen) atoms. The first-order chi connectivity index (χ1) is 7.74. The molecular weight excluding hydrogens is 204 g/mol. The molecule has 2 rings (SSSR count). The average molecular weight is 226 g/mol. The fourth-order valence-corrected chi connectivity index (χ4v) is 2.94. The van der Waals surface area contributed by atoms with Crippen molar-refractivity contribution >= 4 is 5.97 Å². The third kappa shape index (κ3) is 3.48. The molecule has 0 spiro atoms.